The fraction of sp³-hybridized carbons (Fsp3) is 0.545. The van der Waals surface area contributed by atoms with Crippen LogP contribution in [-0.4, -0.2) is 33.8 Å². The highest BCUT2D eigenvalue weighted by molar-refractivity contribution is 5.94. The Bertz CT molecular complexity index is 888. The zero-order valence-corrected chi connectivity index (χ0v) is 16.2. The molecule has 3 heterocycles. The van der Waals surface area contributed by atoms with Crippen molar-refractivity contribution in [2.45, 2.75) is 76.9 Å². The summed E-state index contributed by atoms with van der Waals surface area (Å²) >= 11 is 0. The highest BCUT2D eigenvalue weighted by atomic mass is 16.2. The van der Waals surface area contributed by atoms with Crippen molar-refractivity contribution in [2.24, 2.45) is 0 Å². The molecule has 0 radical (unpaired) electrons. The lowest BCUT2D eigenvalue weighted by Crippen LogP contribution is -2.48. The van der Waals surface area contributed by atoms with Gasteiger partial charge in [0.05, 0.1) is 5.69 Å². The van der Waals surface area contributed by atoms with Gasteiger partial charge in [0.15, 0.2) is 5.69 Å². The first kappa shape index (κ1) is 17.0. The molecule has 1 amide bonds. The smallest absolute Gasteiger partial charge is 0.272 e. The second-order valence-electron chi connectivity index (χ2n) is 8.61. The summed E-state index contributed by atoms with van der Waals surface area (Å²) in [4.78, 5) is 13.1. The summed E-state index contributed by atoms with van der Waals surface area (Å²) in [7, 11) is 0. The Morgan fingerprint density at radius 2 is 1.96 bits per heavy atom. The summed E-state index contributed by atoms with van der Waals surface area (Å²) in [6, 6.07) is 7.86. The summed E-state index contributed by atoms with van der Waals surface area (Å²) in [5, 5.41) is 11.7. The number of rotatable bonds is 3. The van der Waals surface area contributed by atoms with Gasteiger partial charge in [0.25, 0.3) is 5.91 Å². The van der Waals surface area contributed by atoms with Gasteiger partial charge in [-0.25, -0.2) is 4.68 Å². The van der Waals surface area contributed by atoms with Crippen LogP contribution in [0.2, 0.25) is 0 Å². The third-order valence-electron chi connectivity index (χ3n) is 6.53. The van der Waals surface area contributed by atoms with E-state index >= 15 is 0 Å². The molecule has 2 fully saturated rings. The van der Waals surface area contributed by atoms with Crippen molar-refractivity contribution < 1.29 is 4.79 Å². The third-order valence-corrected chi connectivity index (χ3v) is 6.53. The van der Waals surface area contributed by atoms with Crippen LogP contribution in [0.25, 0.3) is 5.69 Å². The summed E-state index contributed by atoms with van der Waals surface area (Å²) in [6.07, 6.45) is 7.64. The summed E-state index contributed by atoms with van der Waals surface area (Å²) in [5.74, 6) is 0.0166. The highest BCUT2D eigenvalue weighted by Crippen LogP contribution is 2.30. The number of aromatic nitrogens is 2. The van der Waals surface area contributed by atoms with Crippen LogP contribution in [0.3, 0.4) is 0 Å². The lowest BCUT2D eigenvalue weighted by Gasteiger charge is -2.29. The molecule has 5 rings (SSSR count). The average molecular weight is 364 g/mol. The molecule has 27 heavy (non-hydrogen) atoms. The Morgan fingerprint density at radius 1 is 1.19 bits per heavy atom. The number of hydrogen-bond acceptors (Lipinski definition) is 3. The van der Waals surface area contributed by atoms with E-state index < -0.39 is 0 Å². The molecule has 2 saturated heterocycles. The van der Waals surface area contributed by atoms with Gasteiger partial charge < -0.3 is 10.6 Å². The van der Waals surface area contributed by atoms with Gasteiger partial charge >= 0.3 is 0 Å². The molecule has 5 nitrogen and oxygen atoms in total. The highest BCUT2D eigenvalue weighted by Gasteiger charge is 2.35. The van der Waals surface area contributed by atoms with E-state index in [9.17, 15) is 4.79 Å². The summed E-state index contributed by atoms with van der Waals surface area (Å²) < 4.78 is 2.03. The van der Waals surface area contributed by atoms with Crippen LogP contribution >= 0.6 is 0 Å². The second-order valence-corrected chi connectivity index (χ2v) is 8.61. The van der Waals surface area contributed by atoms with Crippen molar-refractivity contribution >= 4 is 5.91 Å². The lowest BCUT2D eigenvalue weighted by molar-refractivity contribution is 0.0917. The largest absolute Gasteiger partial charge is 0.348 e. The van der Waals surface area contributed by atoms with Crippen LogP contribution < -0.4 is 10.6 Å². The third kappa shape index (κ3) is 2.98. The van der Waals surface area contributed by atoms with E-state index in [0.717, 1.165) is 43.4 Å². The molecule has 1 aromatic heterocycles. The maximum absolute atomic E-state index is 13.1. The van der Waals surface area contributed by atoms with Crippen LogP contribution in [0.5, 0.6) is 0 Å². The van der Waals surface area contributed by atoms with Crippen LogP contribution in [0.1, 0.15) is 65.0 Å². The molecule has 0 spiro atoms. The Morgan fingerprint density at radius 3 is 2.70 bits per heavy atom. The van der Waals surface area contributed by atoms with Crippen molar-refractivity contribution in [2.75, 3.05) is 0 Å². The minimum absolute atomic E-state index is 0.0166. The number of nitrogens with one attached hydrogen (secondary N) is 2. The second kappa shape index (κ2) is 6.48. The molecule has 1 aliphatic carbocycles. The van der Waals surface area contributed by atoms with Gasteiger partial charge in [0.2, 0.25) is 0 Å². The zero-order chi connectivity index (χ0) is 18.5. The van der Waals surface area contributed by atoms with E-state index in [2.05, 4.69) is 42.7 Å². The first-order chi connectivity index (χ1) is 13.1. The maximum Gasteiger partial charge on any atom is 0.272 e. The Kier molecular flexibility index (Phi) is 4.08. The van der Waals surface area contributed by atoms with Crippen LogP contribution in [0, 0.1) is 13.8 Å². The number of fused-ring (bicyclic) bond motifs is 3. The normalized spacial score (nSPS) is 26.2. The number of carbonyl (C=O) groups is 1. The molecule has 2 bridgehead atoms. The number of amides is 1. The lowest BCUT2D eigenvalue weighted by atomic mass is 9.99. The molecular formula is C22H28N4O. The first-order valence-electron chi connectivity index (χ1n) is 10.3. The molecule has 3 aliphatic rings. The quantitative estimate of drug-likeness (QED) is 0.880. The fourth-order valence-corrected chi connectivity index (χ4v) is 5.29. The Balaban J connectivity index is 1.44. The SMILES string of the molecule is Cc1ccc(-n2nc(C(=O)NC3CC4CCC(C3)N4)c3c2CCC3)c(C)c1. The minimum atomic E-state index is 0.0166. The number of benzene rings is 1. The first-order valence-corrected chi connectivity index (χ1v) is 10.3. The number of nitrogens with zero attached hydrogens (tertiary/aromatic N) is 2. The molecule has 2 unspecified atom stereocenters. The molecular weight excluding hydrogens is 336 g/mol. The van der Waals surface area contributed by atoms with Crippen LogP contribution in [-0.2, 0) is 12.8 Å². The van der Waals surface area contributed by atoms with Crippen molar-refractivity contribution in [3.8, 4) is 5.69 Å². The minimum Gasteiger partial charge on any atom is -0.348 e. The van der Waals surface area contributed by atoms with E-state index in [-0.39, 0.29) is 11.9 Å². The molecule has 0 saturated carbocycles. The van der Waals surface area contributed by atoms with Crippen LogP contribution in [0.15, 0.2) is 18.2 Å². The van der Waals surface area contributed by atoms with Gasteiger partial charge in [-0.2, -0.15) is 5.10 Å². The van der Waals surface area contributed by atoms with Crippen molar-refractivity contribution in [3.63, 3.8) is 0 Å². The van der Waals surface area contributed by atoms with E-state index in [0.29, 0.717) is 17.8 Å². The van der Waals surface area contributed by atoms with Gasteiger partial charge in [-0.1, -0.05) is 17.7 Å². The predicted molar refractivity (Wildman–Crippen MR) is 105 cm³/mol. The maximum atomic E-state index is 13.1. The number of aryl methyl sites for hydroxylation is 2. The predicted octanol–water partition coefficient (Wildman–Crippen LogP) is 2.99. The number of carbonyl (C=O) groups excluding carboxylic acids is 1. The van der Waals surface area contributed by atoms with Gasteiger partial charge in [0, 0.05) is 29.4 Å². The van der Waals surface area contributed by atoms with E-state index in [1.807, 2.05) is 4.68 Å². The van der Waals surface area contributed by atoms with E-state index in [4.69, 9.17) is 5.10 Å². The summed E-state index contributed by atoms with van der Waals surface area (Å²) in [6.45, 7) is 4.23. The topological polar surface area (TPSA) is 59.0 Å². The van der Waals surface area contributed by atoms with E-state index in [1.54, 1.807) is 0 Å². The number of piperidine rings is 1. The van der Waals surface area contributed by atoms with Gasteiger partial charge in [-0.3, -0.25) is 4.79 Å². The molecule has 1 aromatic carbocycles. The monoisotopic (exact) mass is 364 g/mol. The molecule has 5 heteroatoms. The standard InChI is InChI=1S/C22H28N4O/c1-13-6-9-19(14(2)10-13)26-20-5-3-4-18(20)21(25-26)22(27)24-17-11-15-7-8-16(12-17)23-15/h6,9-10,15-17,23H,3-5,7-8,11-12H2,1-2H3,(H,24,27). The van der Waals surface area contributed by atoms with E-state index in [1.165, 1.54) is 29.7 Å². The molecule has 142 valence electrons. The number of hydrogen-bond donors (Lipinski definition) is 2. The van der Waals surface area contributed by atoms with Crippen LogP contribution in [0.4, 0.5) is 0 Å². The van der Waals surface area contributed by atoms with Crippen molar-refractivity contribution in [1.82, 2.24) is 20.4 Å². The summed E-state index contributed by atoms with van der Waals surface area (Å²) in [5.41, 5.74) is 6.57. The van der Waals surface area contributed by atoms with Crippen molar-refractivity contribution in [1.29, 1.82) is 0 Å². The van der Waals surface area contributed by atoms with Gasteiger partial charge in [-0.05, 0) is 70.4 Å². The Labute approximate surface area is 160 Å². The molecule has 2 aromatic rings. The van der Waals surface area contributed by atoms with Crippen molar-refractivity contribution in [3.05, 3.63) is 46.3 Å². The molecule has 2 N–H and O–H groups in total. The average Bonchev–Trinajstić information content (AvgIpc) is 3.31. The zero-order valence-electron chi connectivity index (χ0n) is 16.2. The fourth-order valence-electron chi connectivity index (χ4n) is 5.29. The molecule has 2 atom stereocenters. The van der Waals surface area contributed by atoms with Gasteiger partial charge in [-0.15, -0.1) is 0 Å². The Hall–Kier alpha value is -2.14. The van der Waals surface area contributed by atoms with Gasteiger partial charge in [0.1, 0.15) is 0 Å². The molecule has 2 aliphatic heterocycles.